The van der Waals surface area contributed by atoms with E-state index in [1.807, 2.05) is 48.5 Å². The highest BCUT2D eigenvalue weighted by atomic mass is 16.5. The van der Waals surface area contributed by atoms with E-state index in [9.17, 15) is 10.2 Å². The quantitative estimate of drug-likeness (QED) is 0.657. The number of methoxy groups -OCH3 is 1. The summed E-state index contributed by atoms with van der Waals surface area (Å²) in [7, 11) is 1.64. The van der Waals surface area contributed by atoms with Crippen molar-refractivity contribution in [2.24, 2.45) is 0 Å². The molecule has 0 amide bonds. The van der Waals surface area contributed by atoms with Crippen LogP contribution in [0.15, 0.2) is 73.3 Å². The molecule has 1 aromatic carbocycles. The molecule has 0 aliphatic carbocycles. The lowest BCUT2D eigenvalue weighted by Crippen LogP contribution is -2.48. The zero-order valence-electron chi connectivity index (χ0n) is 17.1. The number of aromatic nitrogens is 2. The summed E-state index contributed by atoms with van der Waals surface area (Å²) < 4.78 is 5.47. The number of likely N-dealkylation sites (tertiary alicyclic amines) is 1. The Morgan fingerprint density at radius 2 is 1.63 bits per heavy atom. The molecule has 1 saturated heterocycles. The molecule has 156 valence electrons. The lowest BCUT2D eigenvalue weighted by atomic mass is 9.77. The minimum Gasteiger partial charge on any atom is -0.497 e. The average Bonchev–Trinajstić information content (AvgIpc) is 2.81. The second-order valence-corrected chi connectivity index (χ2v) is 7.70. The minimum absolute atomic E-state index is 0.308. The molecule has 0 bridgehead atoms. The zero-order chi connectivity index (χ0) is 21.0. The number of piperidine rings is 1. The molecule has 1 aliphatic rings. The van der Waals surface area contributed by atoms with E-state index in [0.29, 0.717) is 37.1 Å². The van der Waals surface area contributed by atoms with Crippen molar-refractivity contribution >= 4 is 0 Å². The highest BCUT2D eigenvalue weighted by molar-refractivity contribution is 5.41. The summed E-state index contributed by atoms with van der Waals surface area (Å²) in [6, 6.07) is 14.9. The van der Waals surface area contributed by atoms with Crippen molar-refractivity contribution in [2.45, 2.75) is 30.6 Å². The fourth-order valence-corrected chi connectivity index (χ4v) is 4.33. The van der Waals surface area contributed by atoms with Crippen molar-refractivity contribution in [3.8, 4) is 5.75 Å². The van der Waals surface area contributed by atoms with Gasteiger partial charge < -0.3 is 14.9 Å². The van der Waals surface area contributed by atoms with Gasteiger partial charge in [0.05, 0.1) is 19.3 Å². The van der Waals surface area contributed by atoms with Crippen LogP contribution in [0, 0.1) is 0 Å². The van der Waals surface area contributed by atoms with E-state index in [0.717, 1.165) is 11.3 Å². The largest absolute Gasteiger partial charge is 0.497 e. The summed E-state index contributed by atoms with van der Waals surface area (Å²) in [5.74, 6) is 0.731. The number of pyridine rings is 2. The first-order valence-electron chi connectivity index (χ1n) is 10.2. The Labute approximate surface area is 176 Å². The highest BCUT2D eigenvalue weighted by Gasteiger charge is 2.45. The summed E-state index contributed by atoms with van der Waals surface area (Å²) in [5.41, 5.74) is 0.923. The monoisotopic (exact) mass is 405 g/mol. The third-order valence-electron chi connectivity index (χ3n) is 5.87. The SMILES string of the molecule is COc1cccc(C(N2CCC(O)CC2)C(O)(c2cccnc2)c2cccnc2)c1. The Morgan fingerprint density at radius 1 is 1.00 bits per heavy atom. The van der Waals surface area contributed by atoms with E-state index in [2.05, 4.69) is 14.9 Å². The first-order valence-corrected chi connectivity index (χ1v) is 10.2. The summed E-state index contributed by atoms with van der Waals surface area (Å²) in [6.07, 6.45) is 7.83. The van der Waals surface area contributed by atoms with Crippen LogP contribution < -0.4 is 4.74 Å². The smallest absolute Gasteiger partial charge is 0.137 e. The summed E-state index contributed by atoms with van der Waals surface area (Å²) in [6.45, 7) is 1.34. The van der Waals surface area contributed by atoms with Crippen LogP contribution in [-0.4, -0.2) is 51.4 Å². The standard InChI is InChI=1S/C24H27N3O3/c1-30-22-8-2-5-18(15-22)23(27-13-9-21(28)10-14-27)24(29,19-6-3-11-25-16-19)20-7-4-12-26-17-20/h2-8,11-12,15-17,21,23,28-29H,9-10,13-14H2,1H3. The predicted octanol–water partition coefficient (Wildman–Crippen LogP) is 2.92. The maximum Gasteiger partial charge on any atom is 0.137 e. The van der Waals surface area contributed by atoms with Crippen molar-refractivity contribution in [3.05, 3.63) is 90.0 Å². The molecule has 3 aromatic rings. The molecule has 6 nitrogen and oxygen atoms in total. The van der Waals surface area contributed by atoms with Gasteiger partial charge >= 0.3 is 0 Å². The van der Waals surface area contributed by atoms with Crippen LogP contribution in [-0.2, 0) is 5.60 Å². The first-order chi connectivity index (χ1) is 14.6. The summed E-state index contributed by atoms with van der Waals surface area (Å²) >= 11 is 0. The number of aliphatic hydroxyl groups is 2. The van der Waals surface area contributed by atoms with Gasteiger partial charge in [0.25, 0.3) is 0 Å². The van der Waals surface area contributed by atoms with Gasteiger partial charge in [-0.15, -0.1) is 0 Å². The van der Waals surface area contributed by atoms with Gasteiger partial charge in [-0.2, -0.15) is 0 Å². The Morgan fingerprint density at radius 3 is 2.17 bits per heavy atom. The number of ether oxygens (including phenoxy) is 1. The molecule has 30 heavy (non-hydrogen) atoms. The van der Waals surface area contributed by atoms with E-state index in [4.69, 9.17) is 4.74 Å². The van der Waals surface area contributed by atoms with Gasteiger partial charge in [-0.3, -0.25) is 14.9 Å². The fraction of sp³-hybridized carbons (Fsp3) is 0.333. The summed E-state index contributed by atoms with van der Waals surface area (Å²) in [4.78, 5) is 10.8. The van der Waals surface area contributed by atoms with Gasteiger partial charge in [0.2, 0.25) is 0 Å². The molecule has 2 aromatic heterocycles. The topological polar surface area (TPSA) is 78.7 Å². The molecule has 1 fully saturated rings. The minimum atomic E-state index is -1.39. The summed E-state index contributed by atoms with van der Waals surface area (Å²) in [5, 5.41) is 22.5. The first kappa shape index (κ1) is 20.5. The molecule has 0 saturated carbocycles. The number of benzene rings is 1. The Balaban J connectivity index is 1.91. The molecule has 1 unspecified atom stereocenters. The lowest BCUT2D eigenvalue weighted by molar-refractivity contribution is -0.0445. The number of hydrogen-bond acceptors (Lipinski definition) is 6. The van der Waals surface area contributed by atoms with E-state index < -0.39 is 11.6 Å². The van der Waals surface area contributed by atoms with Crippen molar-refractivity contribution in [1.29, 1.82) is 0 Å². The molecule has 3 heterocycles. The molecule has 0 radical (unpaired) electrons. The predicted molar refractivity (Wildman–Crippen MR) is 114 cm³/mol. The lowest BCUT2D eigenvalue weighted by Gasteiger charge is -2.45. The Kier molecular flexibility index (Phi) is 6.08. The van der Waals surface area contributed by atoms with Crippen molar-refractivity contribution in [2.75, 3.05) is 20.2 Å². The van der Waals surface area contributed by atoms with Crippen molar-refractivity contribution < 1.29 is 14.9 Å². The maximum absolute atomic E-state index is 12.4. The van der Waals surface area contributed by atoms with Crippen LogP contribution in [0.2, 0.25) is 0 Å². The third kappa shape index (κ3) is 3.94. The van der Waals surface area contributed by atoms with Gasteiger partial charge in [0.15, 0.2) is 0 Å². The van der Waals surface area contributed by atoms with Gasteiger partial charge in [-0.1, -0.05) is 24.3 Å². The van der Waals surface area contributed by atoms with Crippen molar-refractivity contribution in [1.82, 2.24) is 14.9 Å². The molecule has 1 atom stereocenters. The van der Waals surface area contributed by atoms with Gasteiger partial charge in [-0.05, 0) is 42.7 Å². The molecular weight excluding hydrogens is 378 g/mol. The van der Waals surface area contributed by atoms with Crippen LogP contribution in [0.3, 0.4) is 0 Å². The van der Waals surface area contributed by atoms with E-state index in [1.54, 1.807) is 31.9 Å². The second-order valence-electron chi connectivity index (χ2n) is 7.70. The third-order valence-corrected chi connectivity index (χ3v) is 5.87. The molecular formula is C24H27N3O3. The Hall–Kier alpha value is -2.80. The fourth-order valence-electron chi connectivity index (χ4n) is 4.33. The van der Waals surface area contributed by atoms with Gasteiger partial charge in [0, 0.05) is 49.0 Å². The van der Waals surface area contributed by atoms with Crippen molar-refractivity contribution in [3.63, 3.8) is 0 Å². The van der Waals surface area contributed by atoms with Gasteiger partial charge in [-0.25, -0.2) is 0 Å². The second kappa shape index (κ2) is 8.92. The molecule has 4 rings (SSSR count). The van der Waals surface area contributed by atoms with Gasteiger partial charge in [0.1, 0.15) is 11.4 Å². The molecule has 6 heteroatoms. The normalized spacial score (nSPS) is 16.9. The van der Waals surface area contributed by atoms with Crippen LogP contribution in [0.5, 0.6) is 5.75 Å². The van der Waals surface area contributed by atoms with Crippen LogP contribution in [0.4, 0.5) is 0 Å². The van der Waals surface area contributed by atoms with Crippen LogP contribution >= 0.6 is 0 Å². The number of rotatable bonds is 6. The number of aliphatic hydroxyl groups excluding tert-OH is 1. The average molecular weight is 405 g/mol. The van der Waals surface area contributed by atoms with E-state index in [1.165, 1.54) is 0 Å². The molecule has 1 aliphatic heterocycles. The number of hydrogen-bond donors (Lipinski definition) is 2. The molecule has 2 N–H and O–H groups in total. The van der Waals surface area contributed by atoms with Crippen LogP contribution in [0.1, 0.15) is 35.6 Å². The molecule has 0 spiro atoms. The number of nitrogens with zero attached hydrogens (tertiary/aromatic N) is 3. The zero-order valence-corrected chi connectivity index (χ0v) is 17.1. The van der Waals surface area contributed by atoms with Crippen LogP contribution in [0.25, 0.3) is 0 Å². The highest BCUT2D eigenvalue weighted by Crippen LogP contribution is 2.45. The maximum atomic E-state index is 12.4. The van der Waals surface area contributed by atoms with E-state index >= 15 is 0 Å². The van der Waals surface area contributed by atoms with E-state index in [-0.39, 0.29) is 6.10 Å². The Bertz CT molecular complexity index is 905.